The van der Waals surface area contributed by atoms with E-state index in [1.54, 1.807) is 17.9 Å². The molecule has 2 heterocycles. The Hall–Kier alpha value is -2.13. The molecule has 34 heavy (non-hydrogen) atoms. The highest BCUT2D eigenvalue weighted by Crippen LogP contribution is 2.42. The fraction of sp³-hybridized carbons (Fsp3) is 0.440. The van der Waals surface area contributed by atoms with Crippen molar-refractivity contribution in [1.82, 2.24) is 10.2 Å². The van der Waals surface area contributed by atoms with E-state index >= 15 is 0 Å². The smallest absolute Gasteiger partial charge is 0.241 e. The summed E-state index contributed by atoms with van der Waals surface area (Å²) in [5, 5.41) is 2.71. The number of hydrogen-bond donors (Lipinski definition) is 1. The Bertz CT molecular complexity index is 1030. The number of para-hydroxylation sites is 1. The van der Waals surface area contributed by atoms with Gasteiger partial charge < -0.3 is 15.0 Å². The van der Waals surface area contributed by atoms with Crippen LogP contribution in [0.15, 0.2) is 47.4 Å². The second-order valence-electron chi connectivity index (χ2n) is 8.55. The van der Waals surface area contributed by atoms with Crippen molar-refractivity contribution < 1.29 is 18.7 Å². The molecule has 2 atom stereocenters. The van der Waals surface area contributed by atoms with Crippen LogP contribution in [0.5, 0.6) is 0 Å². The number of halogens is 2. The van der Waals surface area contributed by atoms with Crippen LogP contribution < -0.4 is 10.2 Å². The van der Waals surface area contributed by atoms with E-state index in [-0.39, 0.29) is 23.4 Å². The topological polar surface area (TPSA) is 61.9 Å². The highest BCUT2D eigenvalue weighted by molar-refractivity contribution is 8.01. The number of nitrogens with one attached hydrogen (secondary N) is 1. The molecule has 0 saturated carbocycles. The number of rotatable bonds is 8. The number of hydrogen-bond acceptors (Lipinski definition) is 5. The lowest BCUT2D eigenvalue weighted by Gasteiger charge is -2.36. The molecule has 182 valence electrons. The van der Waals surface area contributed by atoms with E-state index in [1.807, 2.05) is 24.3 Å². The van der Waals surface area contributed by atoms with Crippen molar-refractivity contribution in [2.45, 2.75) is 30.0 Å². The summed E-state index contributed by atoms with van der Waals surface area (Å²) >= 11 is 7.66. The van der Waals surface area contributed by atoms with E-state index in [0.717, 1.165) is 49.9 Å². The minimum Gasteiger partial charge on any atom is -0.379 e. The summed E-state index contributed by atoms with van der Waals surface area (Å²) in [6.07, 6.45) is 0.849. The first-order valence-electron chi connectivity index (χ1n) is 11.5. The summed E-state index contributed by atoms with van der Waals surface area (Å²) < 4.78 is 18.9. The molecule has 2 aromatic carbocycles. The van der Waals surface area contributed by atoms with Crippen LogP contribution in [0.25, 0.3) is 0 Å². The quantitative estimate of drug-likeness (QED) is 0.550. The largest absolute Gasteiger partial charge is 0.379 e. The molecule has 2 aliphatic rings. The van der Waals surface area contributed by atoms with Crippen LogP contribution in [-0.2, 0) is 20.9 Å². The van der Waals surface area contributed by atoms with Crippen LogP contribution in [0, 0.1) is 11.7 Å². The zero-order valence-electron chi connectivity index (χ0n) is 19.1. The molecule has 0 spiro atoms. The first-order valence-corrected chi connectivity index (χ1v) is 12.8. The number of thioether (sulfide) groups is 1. The van der Waals surface area contributed by atoms with Gasteiger partial charge in [0.25, 0.3) is 0 Å². The molecule has 6 nitrogen and oxygen atoms in total. The molecule has 2 aromatic rings. The lowest BCUT2D eigenvalue weighted by atomic mass is 10.0. The molecule has 0 bridgehead atoms. The number of benzene rings is 2. The SMILES string of the molecule is C[C@@H](C(=O)NCCCN1CCOCC1)[C@@H]1Sc2ccccc2N(Cc2ccc(F)cc2Cl)C1=O. The van der Waals surface area contributed by atoms with Crippen LogP contribution in [0.2, 0.25) is 5.02 Å². The molecule has 1 N–H and O–H groups in total. The summed E-state index contributed by atoms with van der Waals surface area (Å²) in [6.45, 7) is 6.84. The number of nitrogens with zero attached hydrogens (tertiary/aromatic N) is 2. The lowest BCUT2D eigenvalue weighted by molar-refractivity contribution is -0.128. The normalized spacial score (nSPS) is 19.6. The van der Waals surface area contributed by atoms with Gasteiger partial charge >= 0.3 is 0 Å². The van der Waals surface area contributed by atoms with E-state index in [1.165, 1.54) is 23.9 Å². The number of amides is 2. The van der Waals surface area contributed by atoms with Gasteiger partial charge in [-0.3, -0.25) is 14.5 Å². The van der Waals surface area contributed by atoms with Crippen molar-refractivity contribution >= 4 is 40.9 Å². The first-order chi connectivity index (χ1) is 16.4. The van der Waals surface area contributed by atoms with Crippen molar-refractivity contribution in [2.75, 3.05) is 44.3 Å². The van der Waals surface area contributed by atoms with Crippen LogP contribution >= 0.6 is 23.4 Å². The minimum atomic E-state index is -0.562. The molecule has 0 radical (unpaired) electrons. The Kier molecular flexibility index (Phi) is 8.47. The third kappa shape index (κ3) is 5.92. The molecule has 0 aliphatic carbocycles. The predicted molar refractivity (Wildman–Crippen MR) is 133 cm³/mol. The van der Waals surface area contributed by atoms with Gasteiger partial charge in [-0.25, -0.2) is 4.39 Å². The highest BCUT2D eigenvalue weighted by Gasteiger charge is 2.39. The van der Waals surface area contributed by atoms with E-state index < -0.39 is 17.0 Å². The third-order valence-electron chi connectivity index (χ3n) is 6.18. The van der Waals surface area contributed by atoms with Crippen LogP contribution in [0.4, 0.5) is 10.1 Å². The Morgan fingerprint density at radius 1 is 1.26 bits per heavy atom. The van der Waals surface area contributed by atoms with Crippen LogP contribution in [0.3, 0.4) is 0 Å². The van der Waals surface area contributed by atoms with Gasteiger partial charge in [0.15, 0.2) is 0 Å². The Morgan fingerprint density at radius 2 is 2.03 bits per heavy atom. The molecule has 1 fully saturated rings. The Morgan fingerprint density at radius 3 is 2.79 bits per heavy atom. The van der Waals surface area contributed by atoms with Crippen molar-refractivity contribution in [2.24, 2.45) is 5.92 Å². The minimum absolute atomic E-state index is 0.132. The van der Waals surface area contributed by atoms with Crippen molar-refractivity contribution in [3.63, 3.8) is 0 Å². The standard InChI is InChI=1S/C25H29ClFN3O3S/c1-17(24(31)28-9-4-10-29-11-13-33-14-12-29)23-25(32)30(21-5-2-3-6-22(21)34-23)16-18-7-8-19(27)15-20(18)26/h2-3,5-8,15,17,23H,4,9-14,16H2,1H3,(H,28,31)/t17-,23+/m1/s1. The number of morpholine rings is 1. The molecular weight excluding hydrogens is 477 g/mol. The zero-order chi connectivity index (χ0) is 24.1. The zero-order valence-corrected chi connectivity index (χ0v) is 20.7. The van der Waals surface area contributed by atoms with E-state index in [4.69, 9.17) is 16.3 Å². The van der Waals surface area contributed by atoms with Crippen molar-refractivity contribution in [1.29, 1.82) is 0 Å². The van der Waals surface area contributed by atoms with Crippen molar-refractivity contribution in [3.8, 4) is 0 Å². The summed E-state index contributed by atoms with van der Waals surface area (Å²) in [5.74, 6) is -1.22. The summed E-state index contributed by atoms with van der Waals surface area (Å²) in [4.78, 5) is 31.4. The fourth-order valence-corrected chi connectivity index (χ4v) is 5.69. The first kappa shape index (κ1) is 25.0. The van der Waals surface area contributed by atoms with Gasteiger partial charge in [0, 0.05) is 29.6 Å². The van der Waals surface area contributed by atoms with Gasteiger partial charge in [0.1, 0.15) is 11.1 Å². The number of anilines is 1. The highest BCUT2D eigenvalue weighted by atomic mass is 35.5. The van der Waals surface area contributed by atoms with Crippen LogP contribution in [0.1, 0.15) is 18.9 Å². The molecule has 2 aliphatic heterocycles. The molecule has 9 heteroatoms. The van der Waals surface area contributed by atoms with Gasteiger partial charge in [0.2, 0.25) is 11.8 Å². The number of carbonyl (C=O) groups is 2. The predicted octanol–water partition coefficient (Wildman–Crippen LogP) is 3.96. The summed E-state index contributed by atoms with van der Waals surface area (Å²) in [7, 11) is 0. The maximum Gasteiger partial charge on any atom is 0.241 e. The average molecular weight is 506 g/mol. The average Bonchev–Trinajstić information content (AvgIpc) is 2.84. The second-order valence-corrected chi connectivity index (χ2v) is 10.1. The van der Waals surface area contributed by atoms with Gasteiger partial charge in [-0.15, -0.1) is 11.8 Å². The molecule has 2 amide bonds. The molecule has 4 rings (SSSR count). The number of fused-ring (bicyclic) bond motifs is 1. The molecular formula is C25H29ClFN3O3S. The van der Waals surface area contributed by atoms with Gasteiger partial charge in [0.05, 0.1) is 31.4 Å². The third-order valence-corrected chi connectivity index (χ3v) is 8.00. The van der Waals surface area contributed by atoms with Crippen LogP contribution in [-0.4, -0.2) is 61.4 Å². The monoisotopic (exact) mass is 505 g/mol. The summed E-state index contributed by atoms with van der Waals surface area (Å²) in [6, 6.07) is 11.8. The molecule has 0 unspecified atom stereocenters. The molecule has 0 aromatic heterocycles. The maximum absolute atomic E-state index is 13.5. The maximum atomic E-state index is 13.5. The van der Waals surface area contributed by atoms with E-state index in [0.29, 0.717) is 12.1 Å². The second kappa shape index (κ2) is 11.5. The fourth-order valence-electron chi connectivity index (χ4n) is 4.18. The Balaban J connectivity index is 1.42. The van der Waals surface area contributed by atoms with Gasteiger partial charge in [-0.1, -0.05) is 36.7 Å². The number of ether oxygens (including phenoxy) is 1. The van der Waals surface area contributed by atoms with Crippen molar-refractivity contribution in [3.05, 3.63) is 58.9 Å². The summed E-state index contributed by atoms with van der Waals surface area (Å²) in [5.41, 5.74) is 1.42. The van der Waals surface area contributed by atoms with E-state index in [2.05, 4.69) is 10.2 Å². The van der Waals surface area contributed by atoms with Gasteiger partial charge in [-0.2, -0.15) is 0 Å². The Labute approximate surface area is 208 Å². The number of carbonyl (C=O) groups excluding carboxylic acids is 2. The van der Waals surface area contributed by atoms with E-state index in [9.17, 15) is 14.0 Å². The molecule has 1 saturated heterocycles. The lowest BCUT2D eigenvalue weighted by Crippen LogP contribution is -2.47. The van der Waals surface area contributed by atoms with Gasteiger partial charge in [-0.05, 0) is 42.8 Å².